The Hall–Kier alpha value is -3.28. The summed E-state index contributed by atoms with van der Waals surface area (Å²) in [5, 5.41) is 6.91. The zero-order valence-electron chi connectivity index (χ0n) is 19.4. The molecule has 3 aromatic rings. The molecule has 0 radical (unpaired) electrons. The highest BCUT2D eigenvalue weighted by atomic mass is 16.5. The van der Waals surface area contributed by atoms with E-state index in [2.05, 4.69) is 46.8 Å². The first-order valence-corrected chi connectivity index (χ1v) is 11.7. The van der Waals surface area contributed by atoms with Crippen LogP contribution in [0.3, 0.4) is 0 Å². The van der Waals surface area contributed by atoms with Crippen molar-refractivity contribution in [3.8, 4) is 5.75 Å². The average molecular weight is 446 g/mol. The first-order valence-electron chi connectivity index (χ1n) is 11.7. The second kappa shape index (κ2) is 8.25. The van der Waals surface area contributed by atoms with Gasteiger partial charge < -0.3 is 20.4 Å². The first-order chi connectivity index (χ1) is 15.8. The number of amides is 2. The molecule has 2 fully saturated rings. The van der Waals surface area contributed by atoms with Crippen LogP contribution in [0.2, 0.25) is 0 Å². The van der Waals surface area contributed by atoms with Crippen LogP contribution in [0.25, 0.3) is 10.9 Å². The molecule has 6 heteroatoms. The normalized spacial score (nSPS) is 26.2. The van der Waals surface area contributed by atoms with Crippen molar-refractivity contribution in [3.63, 3.8) is 0 Å². The maximum Gasteiger partial charge on any atom is 0.230 e. The summed E-state index contributed by atoms with van der Waals surface area (Å²) in [6.07, 6.45) is 5.39. The summed E-state index contributed by atoms with van der Waals surface area (Å²) in [5.41, 5.74) is 3.92. The summed E-state index contributed by atoms with van der Waals surface area (Å²) >= 11 is 0. The van der Waals surface area contributed by atoms with Crippen molar-refractivity contribution >= 4 is 28.4 Å². The van der Waals surface area contributed by atoms with Crippen LogP contribution in [0.4, 0.5) is 5.69 Å². The molecule has 33 heavy (non-hydrogen) atoms. The monoisotopic (exact) mass is 445 g/mol. The van der Waals surface area contributed by atoms with Crippen molar-refractivity contribution < 1.29 is 14.3 Å². The molecule has 0 spiro atoms. The van der Waals surface area contributed by atoms with Gasteiger partial charge in [0.2, 0.25) is 11.8 Å². The zero-order valence-corrected chi connectivity index (χ0v) is 19.4. The van der Waals surface area contributed by atoms with Crippen LogP contribution < -0.4 is 15.4 Å². The molecule has 172 valence electrons. The number of aryl methyl sites for hydroxylation is 1. The SMILES string of the molecule is CC(=O)NC1CC(C)(C(=O)Nc2c[nH]c3ccc(OC4CC(c5ccc(C)cc5)C4)cc23)C1. The molecular weight excluding hydrogens is 414 g/mol. The van der Waals surface area contributed by atoms with Gasteiger partial charge in [0.15, 0.2) is 0 Å². The molecule has 0 saturated heterocycles. The molecule has 6 nitrogen and oxygen atoms in total. The summed E-state index contributed by atoms with van der Waals surface area (Å²) in [4.78, 5) is 27.4. The predicted molar refractivity (Wildman–Crippen MR) is 129 cm³/mol. The lowest BCUT2D eigenvalue weighted by molar-refractivity contribution is -0.133. The lowest BCUT2D eigenvalue weighted by Gasteiger charge is -2.43. The maximum atomic E-state index is 12.9. The van der Waals surface area contributed by atoms with Gasteiger partial charge in [-0.1, -0.05) is 36.8 Å². The number of rotatable bonds is 6. The Morgan fingerprint density at radius 1 is 1.09 bits per heavy atom. The van der Waals surface area contributed by atoms with Crippen molar-refractivity contribution in [2.24, 2.45) is 5.41 Å². The molecule has 2 aliphatic rings. The lowest BCUT2D eigenvalue weighted by Crippen LogP contribution is -2.54. The van der Waals surface area contributed by atoms with Crippen LogP contribution in [0.5, 0.6) is 5.75 Å². The Morgan fingerprint density at radius 3 is 2.52 bits per heavy atom. The standard InChI is InChI=1S/C27H31N3O3/c1-16-4-6-18(7-5-16)19-10-22(11-19)33-21-8-9-24-23(12-21)25(15-28-24)30-26(32)27(3)13-20(14-27)29-17(2)31/h4-9,12,15,19-20,22,28H,10-11,13-14H2,1-3H3,(H,29,31)(H,30,32). The van der Waals surface area contributed by atoms with E-state index in [0.29, 0.717) is 18.8 Å². The van der Waals surface area contributed by atoms with Gasteiger partial charge in [0.25, 0.3) is 0 Å². The van der Waals surface area contributed by atoms with Gasteiger partial charge in [-0.05, 0) is 62.3 Å². The molecule has 0 aliphatic heterocycles. The fourth-order valence-corrected chi connectivity index (χ4v) is 5.12. The second-order valence-electron chi connectivity index (χ2n) is 10.0. The highest BCUT2D eigenvalue weighted by Gasteiger charge is 2.46. The smallest absolute Gasteiger partial charge is 0.230 e. The molecule has 0 atom stereocenters. The number of H-pyrrole nitrogens is 1. The Morgan fingerprint density at radius 2 is 1.82 bits per heavy atom. The van der Waals surface area contributed by atoms with Crippen LogP contribution in [0.15, 0.2) is 48.7 Å². The van der Waals surface area contributed by atoms with E-state index in [4.69, 9.17) is 4.74 Å². The number of fused-ring (bicyclic) bond motifs is 1. The van der Waals surface area contributed by atoms with Crippen molar-refractivity contribution in [1.29, 1.82) is 0 Å². The minimum atomic E-state index is -0.470. The van der Waals surface area contributed by atoms with Crippen molar-refractivity contribution in [1.82, 2.24) is 10.3 Å². The van der Waals surface area contributed by atoms with Crippen LogP contribution in [-0.2, 0) is 9.59 Å². The van der Waals surface area contributed by atoms with Crippen LogP contribution >= 0.6 is 0 Å². The number of aromatic nitrogens is 1. The number of carbonyl (C=O) groups is 2. The van der Waals surface area contributed by atoms with E-state index in [1.165, 1.54) is 18.1 Å². The molecule has 2 aliphatic carbocycles. The van der Waals surface area contributed by atoms with E-state index in [9.17, 15) is 9.59 Å². The third-order valence-electron chi connectivity index (χ3n) is 7.20. The quantitative estimate of drug-likeness (QED) is 0.497. The Bertz CT molecular complexity index is 1190. The fraction of sp³-hybridized carbons (Fsp3) is 0.407. The molecule has 1 aromatic heterocycles. The van der Waals surface area contributed by atoms with E-state index in [1.54, 1.807) is 0 Å². The minimum Gasteiger partial charge on any atom is -0.490 e. The maximum absolute atomic E-state index is 12.9. The van der Waals surface area contributed by atoms with Gasteiger partial charge >= 0.3 is 0 Å². The molecule has 5 rings (SSSR count). The van der Waals surface area contributed by atoms with Gasteiger partial charge in [-0.15, -0.1) is 0 Å². The van der Waals surface area contributed by atoms with Crippen molar-refractivity contribution in [2.75, 3.05) is 5.32 Å². The molecule has 2 aromatic carbocycles. The average Bonchev–Trinajstić information content (AvgIpc) is 3.11. The van der Waals surface area contributed by atoms with Crippen LogP contribution in [0, 0.1) is 12.3 Å². The largest absolute Gasteiger partial charge is 0.490 e. The van der Waals surface area contributed by atoms with Crippen molar-refractivity contribution in [2.45, 2.75) is 64.5 Å². The Kier molecular flexibility index (Phi) is 5.39. The Balaban J connectivity index is 1.21. The van der Waals surface area contributed by atoms with E-state index in [0.717, 1.165) is 35.2 Å². The van der Waals surface area contributed by atoms with Gasteiger partial charge in [-0.2, -0.15) is 0 Å². The molecular formula is C27H31N3O3. The number of ether oxygens (including phenoxy) is 1. The van der Waals surface area contributed by atoms with E-state index < -0.39 is 5.41 Å². The molecule has 2 saturated carbocycles. The number of carbonyl (C=O) groups excluding carboxylic acids is 2. The number of nitrogens with one attached hydrogen (secondary N) is 3. The van der Waals surface area contributed by atoms with Gasteiger partial charge in [0.1, 0.15) is 5.75 Å². The van der Waals surface area contributed by atoms with Crippen LogP contribution in [-0.4, -0.2) is 28.9 Å². The zero-order chi connectivity index (χ0) is 23.2. The minimum absolute atomic E-state index is 0.0174. The summed E-state index contributed by atoms with van der Waals surface area (Å²) in [7, 11) is 0. The number of hydrogen-bond acceptors (Lipinski definition) is 3. The summed E-state index contributed by atoms with van der Waals surface area (Å²) < 4.78 is 6.25. The highest BCUT2D eigenvalue weighted by molar-refractivity contribution is 6.04. The summed E-state index contributed by atoms with van der Waals surface area (Å²) in [5.74, 6) is 1.32. The third-order valence-corrected chi connectivity index (χ3v) is 7.20. The van der Waals surface area contributed by atoms with E-state index in [1.807, 2.05) is 31.3 Å². The molecule has 2 amide bonds. The molecule has 1 heterocycles. The second-order valence-corrected chi connectivity index (χ2v) is 10.0. The highest BCUT2D eigenvalue weighted by Crippen LogP contribution is 2.43. The number of hydrogen-bond donors (Lipinski definition) is 3. The van der Waals surface area contributed by atoms with Gasteiger partial charge in [-0.3, -0.25) is 9.59 Å². The summed E-state index contributed by atoms with van der Waals surface area (Å²) in [6, 6.07) is 14.8. The third kappa shape index (κ3) is 4.34. The number of benzene rings is 2. The topological polar surface area (TPSA) is 83.2 Å². The van der Waals surface area contributed by atoms with Gasteiger partial charge in [0.05, 0.1) is 17.2 Å². The number of aromatic amines is 1. The van der Waals surface area contributed by atoms with E-state index >= 15 is 0 Å². The van der Waals surface area contributed by atoms with Crippen LogP contribution in [0.1, 0.15) is 56.6 Å². The molecule has 0 bridgehead atoms. The van der Waals surface area contributed by atoms with Gasteiger partial charge in [0, 0.05) is 30.1 Å². The molecule has 0 unspecified atom stereocenters. The summed E-state index contributed by atoms with van der Waals surface area (Å²) in [6.45, 7) is 5.57. The van der Waals surface area contributed by atoms with Gasteiger partial charge in [-0.25, -0.2) is 0 Å². The Labute approximate surface area is 194 Å². The predicted octanol–water partition coefficient (Wildman–Crippen LogP) is 5.04. The first kappa shape index (κ1) is 21.6. The molecule has 3 N–H and O–H groups in total. The number of anilines is 1. The van der Waals surface area contributed by atoms with Crippen molar-refractivity contribution in [3.05, 3.63) is 59.8 Å². The van der Waals surface area contributed by atoms with E-state index in [-0.39, 0.29) is 24.0 Å². The fourth-order valence-electron chi connectivity index (χ4n) is 5.12. The lowest BCUT2D eigenvalue weighted by atomic mass is 9.66.